The fourth-order valence-corrected chi connectivity index (χ4v) is 5.78. The van der Waals surface area contributed by atoms with E-state index in [0.29, 0.717) is 51.5 Å². The standard InChI is InChI=1S/C31H36BrClN4O5/c1-31(2,3)42-30(40)37-13-5-4-9-21(37)12-14-41-27-22-16-25(36-29(39)34-20-10-11-20)23(33)17-24(22)35-28(38)26(27)18-7-6-8-19(32)15-18/h6-8,15-17,20-21H,4-5,9-14H2,1-3H3,(H,35,38)(H2,34,36,39). The molecule has 2 aromatic carbocycles. The molecule has 3 N–H and O–H groups in total. The highest BCUT2D eigenvalue weighted by atomic mass is 79.9. The van der Waals surface area contributed by atoms with Crippen molar-refractivity contribution in [3.8, 4) is 16.9 Å². The van der Waals surface area contributed by atoms with Crippen molar-refractivity contribution in [1.29, 1.82) is 0 Å². The Morgan fingerprint density at radius 3 is 2.64 bits per heavy atom. The molecule has 1 unspecified atom stereocenters. The third-order valence-corrected chi connectivity index (χ3v) is 8.09. The Morgan fingerprint density at radius 1 is 1.14 bits per heavy atom. The molecule has 1 saturated heterocycles. The summed E-state index contributed by atoms with van der Waals surface area (Å²) in [4.78, 5) is 43.6. The van der Waals surface area contributed by atoms with Crippen LogP contribution in [0.25, 0.3) is 22.0 Å². The number of pyridine rings is 1. The number of rotatable bonds is 7. The second kappa shape index (κ2) is 12.6. The normalized spacial score (nSPS) is 17.2. The lowest BCUT2D eigenvalue weighted by Crippen LogP contribution is -2.46. The molecule has 2 heterocycles. The largest absolute Gasteiger partial charge is 0.492 e. The molecule has 0 spiro atoms. The maximum absolute atomic E-state index is 13.5. The Bertz CT molecular complexity index is 1550. The van der Waals surface area contributed by atoms with E-state index >= 15 is 0 Å². The van der Waals surface area contributed by atoms with Crippen LogP contribution in [0.4, 0.5) is 15.3 Å². The first-order valence-electron chi connectivity index (χ1n) is 14.3. The molecule has 2 aliphatic rings. The smallest absolute Gasteiger partial charge is 0.410 e. The van der Waals surface area contributed by atoms with Crippen LogP contribution in [0, 0.1) is 0 Å². The zero-order chi connectivity index (χ0) is 30.0. The summed E-state index contributed by atoms with van der Waals surface area (Å²) in [5.74, 6) is 0.383. The molecule has 2 fully saturated rings. The number of piperidine rings is 1. The van der Waals surface area contributed by atoms with Crippen LogP contribution in [0.1, 0.15) is 59.3 Å². The number of hydrogen-bond acceptors (Lipinski definition) is 5. The lowest BCUT2D eigenvalue weighted by molar-refractivity contribution is 0.00745. The fourth-order valence-electron chi connectivity index (χ4n) is 5.17. The van der Waals surface area contributed by atoms with Crippen molar-refractivity contribution in [2.24, 2.45) is 0 Å². The van der Waals surface area contributed by atoms with Crippen molar-refractivity contribution in [3.05, 3.63) is 56.2 Å². The number of ether oxygens (including phenoxy) is 2. The van der Waals surface area contributed by atoms with E-state index in [4.69, 9.17) is 21.1 Å². The number of benzene rings is 2. The van der Waals surface area contributed by atoms with Crippen LogP contribution in [-0.2, 0) is 4.74 Å². The number of urea groups is 1. The van der Waals surface area contributed by atoms with E-state index < -0.39 is 5.60 Å². The molecule has 1 atom stereocenters. The fraction of sp³-hybridized carbons (Fsp3) is 0.452. The number of aromatic nitrogens is 1. The average molecular weight is 660 g/mol. The molecule has 11 heteroatoms. The van der Waals surface area contributed by atoms with Crippen LogP contribution in [-0.4, -0.2) is 52.8 Å². The lowest BCUT2D eigenvalue weighted by Gasteiger charge is -2.36. The van der Waals surface area contributed by atoms with Gasteiger partial charge in [-0.25, -0.2) is 9.59 Å². The quantitative estimate of drug-likeness (QED) is 0.244. The Balaban J connectivity index is 1.47. The molecule has 1 aliphatic carbocycles. The molecule has 42 heavy (non-hydrogen) atoms. The lowest BCUT2D eigenvalue weighted by atomic mass is 10.00. The van der Waals surface area contributed by atoms with Gasteiger partial charge in [-0.05, 0) is 82.7 Å². The number of halogens is 2. The van der Waals surface area contributed by atoms with Crippen LogP contribution in [0.5, 0.6) is 5.75 Å². The van der Waals surface area contributed by atoms with Crippen LogP contribution >= 0.6 is 27.5 Å². The summed E-state index contributed by atoms with van der Waals surface area (Å²) in [6.07, 6.45) is 4.94. The summed E-state index contributed by atoms with van der Waals surface area (Å²) in [7, 11) is 0. The summed E-state index contributed by atoms with van der Waals surface area (Å²) in [5, 5.41) is 6.62. The summed E-state index contributed by atoms with van der Waals surface area (Å²) in [5.41, 5.74) is 1.02. The molecule has 5 rings (SSSR count). The van der Waals surface area contributed by atoms with Crippen LogP contribution in [0.3, 0.4) is 0 Å². The van der Waals surface area contributed by atoms with Gasteiger partial charge in [0.2, 0.25) is 0 Å². The number of anilines is 1. The van der Waals surface area contributed by atoms with Gasteiger partial charge in [0, 0.05) is 34.9 Å². The predicted molar refractivity (Wildman–Crippen MR) is 169 cm³/mol. The van der Waals surface area contributed by atoms with Crippen molar-refractivity contribution in [3.63, 3.8) is 0 Å². The number of nitrogens with zero attached hydrogens (tertiary/aromatic N) is 1. The van der Waals surface area contributed by atoms with Crippen molar-refractivity contribution in [2.75, 3.05) is 18.5 Å². The van der Waals surface area contributed by atoms with E-state index in [1.54, 1.807) is 17.0 Å². The van der Waals surface area contributed by atoms with Gasteiger partial charge in [0.25, 0.3) is 5.56 Å². The van der Waals surface area contributed by atoms with E-state index in [0.717, 1.165) is 36.6 Å². The number of carbonyl (C=O) groups excluding carboxylic acids is 2. The minimum Gasteiger partial charge on any atom is -0.492 e. The van der Waals surface area contributed by atoms with E-state index in [1.165, 1.54) is 0 Å². The second-order valence-corrected chi connectivity index (χ2v) is 13.2. The maximum atomic E-state index is 13.5. The van der Waals surface area contributed by atoms with E-state index in [9.17, 15) is 14.4 Å². The molecule has 1 saturated carbocycles. The van der Waals surface area contributed by atoms with Gasteiger partial charge in [-0.2, -0.15) is 0 Å². The molecule has 9 nitrogen and oxygen atoms in total. The third kappa shape index (κ3) is 7.39. The molecular formula is C31H36BrClN4O5. The van der Waals surface area contributed by atoms with Crippen molar-refractivity contribution in [2.45, 2.75) is 77.0 Å². The molecular weight excluding hydrogens is 624 g/mol. The van der Waals surface area contributed by atoms with Crippen LogP contribution < -0.4 is 20.9 Å². The van der Waals surface area contributed by atoms with Gasteiger partial charge in [-0.15, -0.1) is 0 Å². The summed E-state index contributed by atoms with van der Waals surface area (Å²) < 4.78 is 12.9. The Kier molecular flexibility index (Phi) is 9.03. The second-order valence-electron chi connectivity index (χ2n) is 11.9. The third-order valence-electron chi connectivity index (χ3n) is 7.28. The summed E-state index contributed by atoms with van der Waals surface area (Å²) in [6, 6.07) is 10.6. The zero-order valence-corrected chi connectivity index (χ0v) is 26.4. The van der Waals surface area contributed by atoms with Gasteiger partial charge in [-0.1, -0.05) is 39.7 Å². The molecule has 3 amide bonds. The number of nitrogens with one attached hydrogen (secondary N) is 3. The minimum atomic E-state index is -0.582. The average Bonchev–Trinajstić information content (AvgIpc) is 3.72. The topological polar surface area (TPSA) is 113 Å². The van der Waals surface area contributed by atoms with Gasteiger partial charge in [-0.3, -0.25) is 4.79 Å². The van der Waals surface area contributed by atoms with Crippen LogP contribution in [0.15, 0.2) is 45.7 Å². The van der Waals surface area contributed by atoms with Crippen molar-refractivity contribution < 1.29 is 19.1 Å². The highest BCUT2D eigenvalue weighted by Gasteiger charge is 2.31. The first-order chi connectivity index (χ1) is 20.0. The number of H-pyrrole nitrogens is 1. The number of amides is 3. The van der Waals surface area contributed by atoms with Gasteiger partial charge in [0.15, 0.2) is 0 Å². The Morgan fingerprint density at radius 2 is 1.93 bits per heavy atom. The van der Waals surface area contributed by atoms with E-state index in [-0.39, 0.29) is 36.4 Å². The van der Waals surface area contributed by atoms with Gasteiger partial charge >= 0.3 is 12.1 Å². The van der Waals surface area contributed by atoms with Gasteiger partial charge in [0.1, 0.15) is 11.4 Å². The highest BCUT2D eigenvalue weighted by Crippen LogP contribution is 2.38. The predicted octanol–water partition coefficient (Wildman–Crippen LogP) is 7.45. The zero-order valence-electron chi connectivity index (χ0n) is 24.0. The summed E-state index contributed by atoms with van der Waals surface area (Å²) in [6.45, 7) is 6.47. The first-order valence-corrected chi connectivity index (χ1v) is 15.5. The van der Waals surface area contributed by atoms with Gasteiger partial charge in [0.05, 0.1) is 28.4 Å². The Labute approximate surface area is 258 Å². The molecule has 0 bridgehead atoms. The molecule has 3 aromatic rings. The monoisotopic (exact) mass is 658 g/mol. The van der Waals surface area contributed by atoms with Crippen molar-refractivity contribution in [1.82, 2.24) is 15.2 Å². The van der Waals surface area contributed by atoms with Crippen molar-refractivity contribution >= 4 is 56.2 Å². The molecule has 1 aromatic heterocycles. The summed E-state index contributed by atoms with van der Waals surface area (Å²) >= 11 is 10.0. The number of aromatic amines is 1. The molecule has 224 valence electrons. The number of hydrogen-bond donors (Lipinski definition) is 3. The van der Waals surface area contributed by atoms with Gasteiger partial charge < -0.3 is 30.0 Å². The highest BCUT2D eigenvalue weighted by molar-refractivity contribution is 9.10. The maximum Gasteiger partial charge on any atom is 0.410 e. The van der Waals surface area contributed by atoms with E-state index in [2.05, 4.69) is 31.5 Å². The van der Waals surface area contributed by atoms with E-state index in [1.807, 2.05) is 45.0 Å². The first kappa shape index (κ1) is 30.2. The SMILES string of the molecule is CC(C)(C)OC(=O)N1CCCCC1CCOc1c(-c2cccc(Br)c2)c(=O)[nH]c2cc(Cl)c(NC(=O)NC3CC3)cc12. The molecule has 1 aliphatic heterocycles. The van der Waals surface area contributed by atoms with Crippen LogP contribution in [0.2, 0.25) is 5.02 Å². The number of likely N-dealkylation sites (tertiary alicyclic amines) is 1. The molecule has 0 radical (unpaired) electrons. The minimum absolute atomic E-state index is 0.0472. The number of carbonyl (C=O) groups is 2. The Hall–Kier alpha value is -3.24. The number of fused-ring (bicyclic) bond motifs is 1.